The fraction of sp³-hybridized carbons (Fsp3) is 0.481. The summed E-state index contributed by atoms with van der Waals surface area (Å²) in [7, 11) is -2.21. The van der Waals surface area contributed by atoms with Gasteiger partial charge in [-0.2, -0.15) is 0 Å². The third-order valence-electron chi connectivity index (χ3n) is 6.23. The van der Waals surface area contributed by atoms with E-state index < -0.39 is 28.5 Å². The average Bonchev–Trinajstić information content (AvgIpc) is 2.83. The third-order valence-corrected chi connectivity index (χ3v) is 7.35. The maximum atomic E-state index is 13.8. The number of sulfonamides is 1. The third kappa shape index (κ3) is 7.71. The number of ether oxygens (including phenoxy) is 1. The molecular formula is C27H39N3O5S. The standard InChI is InChI=1S/C27H39N3O5S/c1-7-9-16-28-27(32)24(8-2)29(18-22-13-11-14-23(17-22)35-5)26(31)19-30(36(6,33)34)25-15-10-12-20(3)21(25)4/h10-15,17,24H,7-9,16,18-19H2,1-6H3,(H,28,32)/t24-/m1/s1. The molecule has 0 aliphatic heterocycles. The lowest BCUT2D eigenvalue weighted by atomic mass is 10.1. The normalized spacial score (nSPS) is 12.1. The Morgan fingerprint density at radius 2 is 1.78 bits per heavy atom. The largest absolute Gasteiger partial charge is 0.497 e. The van der Waals surface area contributed by atoms with Gasteiger partial charge in [0, 0.05) is 13.1 Å². The van der Waals surface area contributed by atoms with E-state index in [1.807, 2.05) is 45.9 Å². The molecule has 0 saturated carbocycles. The highest BCUT2D eigenvalue weighted by atomic mass is 32.2. The molecule has 0 aliphatic rings. The molecule has 2 amide bonds. The van der Waals surface area contributed by atoms with Crippen molar-refractivity contribution in [2.45, 2.75) is 59.5 Å². The minimum atomic E-state index is -3.77. The molecule has 0 bridgehead atoms. The van der Waals surface area contributed by atoms with Crippen molar-refractivity contribution in [3.05, 3.63) is 59.2 Å². The smallest absolute Gasteiger partial charge is 0.244 e. The van der Waals surface area contributed by atoms with Gasteiger partial charge in [-0.3, -0.25) is 13.9 Å². The van der Waals surface area contributed by atoms with Crippen molar-refractivity contribution in [2.24, 2.45) is 0 Å². The van der Waals surface area contributed by atoms with E-state index in [9.17, 15) is 18.0 Å². The maximum absolute atomic E-state index is 13.8. The Morgan fingerprint density at radius 1 is 1.08 bits per heavy atom. The molecule has 0 unspecified atom stereocenters. The fourth-order valence-corrected chi connectivity index (χ4v) is 4.89. The van der Waals surface area contributed by atoms with Gasteiger partial charge in [0.1, 0.15) is 18.3 Å². The first-order valence-electron chi connectivity index (χ1n) is 12.3. The van der Waals surface area contributed by atoms with Gasteiger partial charge in [0.25, 0.3) is 0 Å². The van der Waals surface area contributed by atoms with Crippen LogP contribution in [-0.2, 0) is 26.2 Å². The zero-order valence-electron chi connectivity index (χ0n) is 22.2. The van der Waals surface area contributed by atoms with Gasteiger partial charge in [0.15, 0.2) is 0 Å². The summed E-state index contributed by atoms with van der Waals surface area (Å²) in [4.78, 5) is 28.3. The first-order chi connectivity index (χ1) is 17.0. The molecule has 0 saturated heterocycles. The summed E-state index contributed by atoms with van der Waals surface area (Å²) in [5, 5.41) is 2.92. The van der Waals surface area contributed by atoms with E-state index in [1.54, 1.807) is 31.4 Å². The Bertz CT molecular complexity index is 1150. The molecule has 36 heavy (non-hydrogen) atoms. The summed E-state index contributed by atoms with van der Waals surface area (Å²) in [6.07, 6.45) is 3.24. The van der Waals surface area contributed by atoms with Gasteiger partial charge >= 0.3 is 0 Å². The zero-order chi connectivity index (χ0) is 26.9. The molecule has 9 heteroatoms. The quantitative estimate of drug-likeness (QED) is 0.408. The maximum Gasteiger partial charge on any atom is 0.244 e. The minimum Gasteiger partial charge on any atom is -0.497 e. The van der Waals surface area contributed by atoms with Gasteiger partial charge in [-0.1, -0.05) is 44.5 Å². The summed E-state index contributed by atoms with van der Waals surface area (Å²) in [6.45, 7) is 7.85. The van der Waals surface area contributed by atoms with Gasteiger partial charge in [-0.25, -0.2) is 8.42 Å². The van der Waals surface area contributed by atoms with Crippen LogP contribution in [0.3, 0.4) is 0 Å². The van der Waals surface area contributed by atoms with E-state index in [4.69, 9.17) is 4.74 Å². The lowest BCUT2D eigenvalue weighted by molar-refractivity contribution is -0.140. The molecule has 0 radical (unpaired) electrons. The van der Waals surface area contributed by atoms with Crippen LogP contribution < -0.4 is 14.4 Å². The van der Waals surface area contributed by atoms with Gasteiger partial charge in [-0.15, -0.1) is 0 Å². The minimum absolute atomic E-state index is 0.139. The van der Waals surface area contributed by atoms with Gasteiger partial charge in [0.2, 0.25) is 21.8 Å². The van der Waals surface area contributed by atoms with Crippen molar-refractivity contribution in [2.75, 3.05) is 30.8 Å². The van der Waals surface area contributed by atoms with Crippen LogP contribution >= 0.6 is 0 Å². The molecule has 0 fully saturated rings. The highest BCUT2D eigenvalue weighted by molar-refractivity contribution is 7.92. The topological polar surface area (TPSA) is 96.0 Å². The Kier molecular flexibility index (Phi) is 10.8. The Morgan fingerprint density at radius 3 is 2.39 bits per heavy atom. The average molecular weight is 518 g/mol. The summed E-state index contributed by atoms with van der Waals surface area (Å²) in [5.41, 5.74) is 2.93. The Hall–Kier alpha value is -3.07. The molecule has 8 nitrogen and oxygen atoms in total. The summed E-state index contributed by atoms with van der Waals surface area (Å²) < 4.78 is 32.0. The number of rotatable bonds is 13. The van der Waals surface area contributed by atoms with Crippen LogP contribution in [0.25, 0.3) is 0 Å². The molecule has 0 heterocycles. The molecule has 1 atom stereocenters. The molecule has 198 valence electrons. The summed E-state index contributed by atoms with van der Waals surface area (Å²) >= 11 is 0. The van der Waals surface area contributed by atoms with Gasteiger partial charge < -0.3 is 15.0 Å². The van der Waals surface area contributed by atoms with Crippen molar-refractivity contribution < 1.29 is 22.7 Å². The second-order valence-corrected chi connectivity index (χ2v) is 10.8. The number of hydrogen-bond acceptors (Lipinski definition) is 5. The molecule has 1 N–H and O–H groups in total. The summed E-state index contributed by atoms with van der Waals surface area (Å²) in [5.74, 6) is -0.0741. The number of nitrogens with one attached hydrogen (secondary N) is 1. The molecule has 0 aromatic heterocycles. The fourth-order valence-electron chi connectivity index (χ4n) is 3.99. The predicted molar refractivity (Wildman–Crippen MR) is 144 cm³/mol. The number of carbonyl (C=O) groups is 2. The van der Waals surface area contributed by atoms with Crippen LogP contribution in [-0.4, -0.2) is 57.6 Å². The monoisotopic (exact) mass is 517 g/mol. The second-order valence-electron chi connectivity index (χ2n) is 8.93. The SMILES string of the molecule is CCCCNC(=O)[C@@H](CC)N(Cc1cccc(OC)c1)C(=O)CN(c1cccc(C)c1C)S(C)(=O)=O. The van der Waals surface area contributed by atoms with Crippen molar-refractivity contribution >= 4 is 27.5 Å². The Labute approximate surface area is 215 Å². The van der Waals surface area contributed by atoms with E-state index in [2.05, 4.69) is 5.32 Å². The van der Waals surface area contributed by atoms with Gasteiger partial charge in [-0.05, 0) is 61.6 Å². The lowest BCUT2D eigenvalue weighted by Gasteiger charge is -2.33. The van der Waals surface area contributed by atoms with Crippen LogP contribution in [0.2, 0.25) is 0 Å². The van der Waals surface area contributed by atoms with Crippen molar-refractivity contribution in [1.29, 1.82) is 0 Å². The number of anilines is 1. The molecule has 2 aromatic carbocycles. The zero-order valence-corrected chi connectivity index (χ0v) is 23.0. The number of methoxy groups -OCH3 is 1. The van der Waals surface area contributed by atoms with Crippen molar-refractivity contribution in [1.82, 2.24) is 10.2 Å². The van der Waals surface area contributed by atoms with E-state index in [0.29, 0.717) is 24.4 Å². The second kappa shape index (κ2) is 13.3. The first-order valence-corrected chi connectivity index (χ1v) is 14.1. The van der Waals surface area contributed by atoms with Crippen LogP contribution in [0.1, 0.15) is 49.8 Å². The van der Waals surface area contributed by atoms with Crippen molar-refractivity contribution in [3.63, 3.8) is 0 Å². The highest BCUT2D eigenvalue weighted by Gasteiger charge is 2.32. The van der Waals surface area contributed by atoms with Crippen molar-refractivity contribution in [3.8, 4) is 5.75 Å². The van der Waals surface area contributed by atoms with Crippen LogP contribution in [0, 0.1) is 13.8 Å². The van der Waals surface area contributed by atoms with Crippen LogP contribution in [0.5, 0.6) is 5.75 Å². The molecule has 0 aliphatic carbocycles. The van der Waals surface area contributed by atoms with E-state index in [0.717, 1.165) is 40.1 Å². The molecular weight excluding hydrogens is 478 g/mol. The van der Waals surface area contributed by atoms with E-state index in [-0.39, 0.29) is 12.5 Å². The number of carbonyl (C=O) groups excluding carboxylic acids is 2. The number of unbranched alkanes of at least 4 members (excludes halogenated alkanes) is 1. The van der Waals surface area contributed by atoms with Crippen LogP contribution in [0.15, 0.2) is 42.5 Å². The Balaban J connectivity index is 2.46. The lowest BCUT2D eigenvalue weighted by Crippen LogP contribution is -2.52. The number of benzene rings is 2. The molecule has 0 spiro atoms. The predicted octanol–water partition coefficient (Wildman–Crippen LogP) is 3.80. The molecule has 2 rings (SSSR count). The highest BCUT2D eigenvalue weighted by Crippen LogP contribution is 2.26. The van der Waals surface area contributed by atoms with E-state index in [1.165, 1.54) is 4.90 Å². The van der Waals surface area contributed by atoms with E-state index >= 15 is 0 Å². The first kappa shape index (κ1) is 29.2. The van der Waals surface area contributed by atoms with Crippen LogP contribution in [0.4, 0.5) is 5.69 Å². The van der Waals surface area contributed by atoms with Gasteiger partial charge in [0.05, 0.1) is 19.1 Å². The number of aryl methyl sites for hydroxylation is 1. The number of nitrogens with zero attached hydrogens (tertiary/aromatic N) is 2. The number of hydrogen-bond donors (Lipinski definition) is 1. The number of amides is 2. The summed E-state index contributed by atoms with van der Waals surface area (Å²) in [6, 6.07) is 11.9. The molecule has 2 aromatic rings.